The van der Waals surface area contributed by atoms with Crippen LogP contribution < -0.4 is 0 Å². The van der Waals surface area contributed by atoms with E-state index in [-0.39, 0.29) is 12.0 Å². The average molecular weight is 411 g/mol. The van der Waals surface area contributed by atoms with Crippen molar-refractivity contribution in [2.45, 2.75) is 39.3 Å². The summed E-state index contributed by atoms with van der Waals surface area (Å²) in [4.78, 5) is 4.69. The van der Waals surface area contributed by atoms with Gasteiger partial charge in [0.15, 0.2) is 0 Å². The van der Waals surface area contributed by atoms with Crippen LogP contribution in [0.25, 0.3) is 5.65 Å². The molecule has 0 amide bonds. The fourth-order valence-corrected chi connectivity index (χ4v) is 3.67. The van der Waals surface area contributed by atoms with Gasteiger partial charge in [-0.1, -0.05) is 31.5 Å². The van der Waals surface area contributed by atoms with E-state index in [1.54, 1.807) is 12.1 Å². The van der Waals surface area contributed by atoms with Gasteiger partial charge in [0.25, 0.3) is 0 Å². The number of rotatable bonds is 4. The second kappa shape index (κ2) is 6.83. The molecule has 2 nitrogen and oxygen atoms in total. The number of alkyl halides is 3. The highest BCUT2D eigenvalue weighted by Crippen LogP contribution is 2.33. The number of imidazole rings is 1. The van der Waals surface area contributed by atoms with E-state index < -0.39 is 11.7 Å². The molecule has 25 heavy (non-hydrogen) atoms. The lowest BCUT2D eigenvalue weighted by atomic mass is 10.0. The van der Waals surface area contributed by atoms with Gasteiger partial charge in [-0.3, -0.25) is 0 Å². The Hall–Kier alpha value is -1.82. The largest absolute Gasteiger partial charge is 0.416 e. The third kappa shape index (κ3) is 3.59. The highest BCUT2D eigenvalue weighted by atomic mass is 79.9. The molecule has 0 bridgehead atoms. The van der Waals surface area contributed by atoms with E-state index in [4.69, 9.17) is 4.98 Å². The zero-order valence-electron chi connectivity index (χ0n) is 14.0. The van der Waals surface area contributed by atoms with Crippen molar-refractivity contribution in [2.75, 3.05) is 0 Å². The third-order valence-corrected chi connectivity index (χ3v) is 4.65. The molecule has 0 aliphatic carbocycles. The number of pyridine rings is 1. The first-order valence-electron chi connectivity index (χ1n) is 8.12. The molecule has 2 aromatic heterocycles. The van der Waals surface area contributed by atoms with Crippen LogP contribution in [0.3, 0.4) is 0 Å². The number of benzene rings is 1. The fourth-order valence-electron chi connectivity index (χ4n) is 3.12. The zero-order valence-corrected chi connectivity index (χ0v) is 15.6. The van der Waals surface area contributed by atoms with Gasteiger partial charge in [0.1, 0.15) is 5.65 Å². The van der Waals surface area contributed by atoms with E-state index in [9.17, 15) is 13.2 Å². The number of aryl methyl sites for hydroxylation is 2. The lowest BCUT2D eigenvalue weighted by molar-refractivity contribution is -0.138. The number of nitrogens with zero attached hydrogens (tertiary/aromatic N) is 2. The lowest BCUT2D eigenvalue weighted by Gasteiger charge is -2.13. The van der Waals surface area contributed by atoms with Crippen molar-refractivity contribution in [2.24, 2.45) is 0 Å². The summed E-state index contributed by atoms with van der Waals surface area (Å²) in [5.74, 6) is 0. The zero-order chi connectivity index (χ0) is 18.2. The van der Waals surface area contributed by atoms with Gasteiger partial charge >= 0.3 is 6.18 Å². The molecule has 0 aliphatic rings. The summed E-state index contributed by atoms with van der Waals surface area (Å²) in [6.07, 6.45) is -0.666. The molecule has 132 valence electrons. The van der Waals surface area contributed by atoms with Gasteiger partial charge in [-0.15, -0.1) is 0 Å². The van der Waals surface area contributed by atoms with Gasteiger partial charge in [-0.05, 0) is 52.5 Å². The van der Waals surface area contributed by atoms with Gasteiger partial charge in [0.05, 0.1) is 17.0 Å². The van der Waals surface area contributed by atoms with Crippen LogP contribution in [0.15, 0.2) is 41.0 Å². The van der Waals surface area contributed by atoms with Gasteiger partial charge in [-0.25, -0.2) is 4.98 Å². The molecule has 0 saturated heterocycles. The molecule has 0 atom stereocenters. The van der Waals surface area contributed by atoms with Crippen LogP contribution in [0.2, 0.25) is 0 Å². The predicted octanol–water partition coefficient (Wildman–Crippen LogP) is 5.97. The van der Waals surface area contributed by atoms with Gasteiger partial charge in [-0.2, -0.15) is 13.2 Å². The molecule has 1 aromatic carbocycles. The van der Waals surface area contributed by atoms with E-state index >= 15 is 0 Å². The van der Waals surface area contributed by atoms with Crippen LogP contribution in [0.4, 0.5) is 13.2 Å². The quantitative estimate of drug-likeness (QED) is 0.517. The smallest absolute Gasteiger partial charge is 0.302 e. The summed E-state index contributed by atoms with van der Waals surface area (Å²) in [7, 11) is 0. The normalized spacial score (nSPS) is 12.1. The third-order valence-electron chi connectivity index (χ3n) is 4.22. The number of aromatic nitrogens is 2. The Morgan fingerprint density at radius 1 is 1.20 bits per heavy atom. The number of halogens is 4. The molecule has 0 saturated carbocycles. The van der Waals surface area contributed by atoms with Crippen LogP contribution in [0.1, 0.15) is 41.4 Å². The van der Waals surface area contributed by atoms with Crippen LogP contribution in [-0.2, 0) is 19.0 Å². The van der Waals surface area contributed by atoms with Crippen molar-refractivity contribution in [1.29, 1.82) is 0 Å². The summed E-state index contributed by atoms with van der Waals surface area (Å²) in [6, 6.07) is 7.72. The second-order valence-electron chi connectivity index (χ2n) is 6.12. The van der Waals surface area contributed by atoms with Crippen LogP contribution in [0.5, 0.6) is 0 Å². The maximum absolute atomic E-state index is 13.3. The topological polar surface area (TPSA) is 17.3 Å². The Morgan fingerprint density at radius 2 is 1.92 bits per heavy atom. The van der Waals surface area contributed by atoms with Gasteiger partial charge in [0, 0.05) is 17.1 Å². The Balaban J connectivity index is 2.18. The van der Waals surface area contributed by atoms with E-state index in [1.165, 1.54) is 6.07 Å². The molecule has 0 fully saturated rings. The van der Waals surface area contributed by atoms with Crippen LogP contribution in [0, 0.1) is 6.92 Å². The van der Waals surface area contributed by atoms with Crippen molar-refractivity contribution < 1.29 is 13.2 Å². The SMILES string of the molecule is CCCc1nc2c(C)cc(Br)cn2c1Cc1ccccc1C(F)(F)F. The first-order valence-corrected chi connectivity index (χ1v) is 8.91. The minimum absolute atomic E-state index is 0.197. The second-order valence-corrected chi connectivity index (χ2v) is 7.04. The summed E-state index contributed by atoms with van der Waals surface area (Å²) in [5, 5.41) is 0. The number of hydrogen-bond donors (Lipinski definition) is 0. The van der Waals surface area contributed by atoms with Gasteiger partial charge < -0.3 is 4.40 Å². The standard InChI is InChI=1S/C19H18BrF3N2/c1-3-6-16-17(25-11-14(20)9-12(2)18(25)24-16)10-13-7-4-5-8-15(13)19(21,22)23/h4-5,7-9,11H,3,6,10H2,1-2H3. The Morgan fingerprint density at radius 3 is 2.60 bits per heavy atom. The highest BCUT2D eigenvalue weighted by Gasteiger charge is 2.33. The van der Waals surface area contributed by atoms with E-state index in [1.807, 2.05) is 30.5 Å². The summed E-state index contributed by atoms with van der Waals surface area (Å²) < 4.78 is 42.8. The van der Waals surface area contributed by atoms with E-state index in [0.717, 1.165) is 46.0 Å². The minimum Gasteiger partial charge on any atom is -0.302 e. The molecule has 0 N–H and O–H groups in total. The molecule has 2 heterocycles. The number of hydrogen-bond acceptors (Lipinski definition) is 1. The molecule has 0 unspecified atom stereocenters. The number of fused-ring (bicyclic) bond motifs is 1. The van der Waals surface area contributed by atoms with Crippen molar-refractivity contribution in [1.82, 2.24) is 9.38 Å². The Bertz CT molecular complexity index is 913. The molecule has 3 rings (SSSR count). The van der Waals surface area contributed by atoms with Crippen molar-refractivity contribution in [3.05, 3.63) is 69.1 Å². The average Bonchev–Trinajstić information content (AvgIpc) is 2.86. The Labute approximate surface area is 152 Å². The molecule has 0 radical (unpaired) electrons. The molecule has 0 spiro atoms. The maximum Gasteiger partial charge on any atom is 0.416 e. The predicted molar refractivity (Wildman–Crippen MR) is 95.9 cm³/mol. The first-order chi connectivity index (χ1) is 11.8. The maximum atomic E-state index is 13.3. The minimum atomic E-state index is -4.36. The first kappa shape index (κ1) is 18.0. The van der Waals surface area contributed by atoms with Crippen LogP contribution >= 0.6 is 15.9 Å². The van der Waals surface area contributed by atoms with E-state index in [2.05, 4.69) is 15.9 Å². The highest BCUT2D eigenvalue weighted by molar-refractivity contribution is 9.10. The van der Waals surface area contributed by atoms with E-state index in [0.29, 0.717) is 0 Å². The van der Waals surface area contributed by atoms with Gasteiger partial charge in [0.2, 0.25) is 0 Å². The molecular weight excluding hydrogens is 393 g/mol. The van der Waals surface area contributed by atoms with Crippen molar-refractivity contribution in [3.63, 3.8) is 0 Å². The van der Waals surface area contributed by atoms with Crippen molar-refractivity contribution in [3.8, 4) is 0 Å². The lowest BCUT2D eigenvalue weighted by Crippen LogP contribution is -2.10. The monoisotopic (exact) mass is 410 g/mol. The summed E-state index contributed by atoms with van der Waals surface area (Å²) in [5.41, 5.74) is 3.15. The summed E-state index contributed by atoms with van der Waals surface area (Å²) in [6.45, 7) is 4.00. The molecule has 3 aromatic rings. The van der Waals surface area contributed by atoms with Crippen LogP contribution in [-0.4, -0.2) is 9.38 Å². The Kier molecular flexibility index (Phi) is 4.91. The molecule has 0 aliphatic heterocycles. The summed E-state index contributed by atoms with van der Waals surface area (Å²) >= 11 is 3.47. The molecular formula is C19H18BrF3N2. The fraction of sp³-hybridized carbons (Fsp3) is 0.316. The van der Waals surface area contributed by atoms with Crippen molar-refractivity contribution >= 4 is 21.6 Å². The molecule has 6 heteroatoms.